The summed E-state index contributed by atoms with van der Waals surface area (Å²) >= 11 is 4.50. The van der Waals surface area contributed by atoms with E-state index >= 15 is 0 Å². The van der Waals surface area contributed by atoms with Gasteiger partial charge in [-0.05, 0) is 44.4 Å². The fourth-order valence-electron chi connectivity index (χ4n) is 2.80. The number of nitrogens with zero attached hydrogens (tertiary/aromatic N) is 1. The van der Waals surface area contributed by atoms with Gasteiger partial charge in [-0.25, -0.2) is 4.79 Å². The molecule has 1 aromatic carbocycles. The molecule has 1 aromatic rings. The average molecular weight is 458 g/mol. The van der Waals surface area contributed by atoms with Crippen molar-refractivity contribution in [1.29, 1.82) is 0 Å². The average Bonchev–Trinajstić information content (AvgIpc) is 2.65. The highest BCUT2D eigenvalue weighted by molar-refractivity contribution is 9.10. The van der Waals surface area contributed by atoms with Crippen LogP contribution in [0.25, 0.3) is 0 Å². The maximum Gasteiger partial charge on any atom is 0.328 e. The van der Waals surface area contributed by atoms with E-state index in [1.54, 1.807) is 6.92 Å². The fraction of sp³-hybridized carbons (Fsp3) is 0.550. The third kappa shape index (κ3) is 6.64. The van der Waals surface area contributed by atoms with Crippen LogP contribution >= 0.6 is 27.7 Å². The van der Waals surface area contributed by atoms with E-state index in [1.807, 2.05) is 26.0 Å². The molecule has 7 heteroatoms. The predicted molar refractivity (Wildman–Crippen MR) is 114 cm³/mol. The van der Waals surface area contributed by atoms with E-state index in [0.717, 1.165) is 46.6 Å². The summed E-state index contributed by atoms with van der Waals surface area (Å²) in [5.41, 5.74) is 2.41. The van der Waals surface area contributed by atoms with Gasteiger partial charge in [-0.2, -0.15) is 0 Å². The first-order valence-electron chi connectivity index (χ1n) is 9.05. The molecule has 0 radical (unpaired) electrons. The molecule has 0 saturated carbocycles. The van der Waals surface area contributed by atoms with Crippen LogP contribution in [0.4, 0.5) is 5.69 Å². The topological polar surface area (TPSA) is 63.7 Å². The molecule has 0 saturated heterocycles. The Morgan fingerprint density at radius 1 is 1.22 bits per heavy atom. The zero-order valence-corrected chi connectivity index (χ0v) is 19.0. The molecule has 0 N–H and O–H groups in total. The molecular weight excluding hydrogens is 430 g/mol. The van der Waals surface area contributed by atoms with Crippen molar-refractivity contribution in [3.8, 4) is 0 Å². The van der Waals surface area contributed by atoms with Crippen LogP contribution in [0, 0.1) is 13.8 Å². The summed E-state index contributed by atoms with van der Waals surface area (Å²) in [6, 6.07) is 3.01. The van der Waals surface area contributed by atoms with E-state index in [4.69, 9.17) is 4.74 Å². The highest BCUT2D eigenvalue weighted by Crippen LogP contribution is 2.32. The molecular formula is C20H28BrNO4S. The lowest BCUT2D eigenvalue weighted by molar-refractivity contribution is -0.142. The largest absolute Gasteiger partial charge is 0.467 e. The first kappa shape index (κ1) is 23.7. The number of anilines is 1. The Hall–Kier alpha value is -1.34. The Bertz CT molecular complexity index is 693. The van der Waals surface area contributed by atoms with Gasteiger partial charge < -0.3 is 4.74 Å². The van der Waals surface area contributed by atoms with Crippen molar-refractivity contribution in [2.45, 2.75) is 59.4 Å². The van der Waals surface area contributed by atoms with E-state index in [1.165, 1.54) is 12.0 Å². The Morgan fingerprint density at radius 2 is 1.89 bits per heavy atom. The van der Waals surface area contributed by atoms with Crippen molar-refractivity contribution in [3.63, 3.8) is 0 Å². The number of carbonyl (C=O) groups excluding carboxylic acids is 3. The smallest absolute Gasteiger partial charge is 0.328 e. The second-order valence-corrected chi connectivity index (χ2v) is 8.31. The number of hydrogen-bond donors (Lipinski definition) is 0. The predicted octanol–water partition coefficient (Wildman–Crippen LogP) is 4.80. The standard InChI is InChI=1S/C20H28BrNO4S/c1-6-7-8-9-18(24)27-12-17(23)22(15(4)20(25)26-5)19-13(2)10-11-16(21)14(19)3/h10-11,15H,6-9,12H2,1-5H3. The number of methoxy groups -OCH3 is 1. The summed E-state index contributed by atoms with van der Waals surface area (Å²) in [7, 11) is 1.30. The second-order valence-electron chi connectivity index (χ2n) is 6.42. The molecule has 1 rings (SSSR count). The van der Waals surface area contributed by atoms with Gasteiger partial charge in [-0.15, -0.1) is 0 Å². The number of halogens is 1. The maximum atomic E-state index is 13.0. The lowest BCUT2D eigenvalue weighted by Gasteiger charge is -2.30. The molecule has 0 heterocycles. The number of ether oxygens (including phenoxy) is 1. The van der Waals surface area contributed by atoms with Gasteiger partial charge in [0.05, 0.1) is 18.6 Å². The number of carbonyl (C=O) groups is 3. The molecule has 150 valence electrons. The second kappa shape index (κ2) is 11.5. The van der Waals surface area contributed by atoms with Gasteiger partial charge in [0.2, 0.25) is 5.91 Å². The minimum atomic E-state index is -0.787. The quantitative estimate of drug-likeness (QED) is 0.393. The van der Waals surface area contributed by atoms with Crippen LogP contribution < -0.4 is 4.90 Å². The van der Waals surface area contributed by atoms with Crippen molar-refractivity contribution in [1.82, 2.24) is 0 Å². The lowest BCUT2D eigenvalue weighted by Crippen LogP contribution is -2.45. The summed E-state index contributed by atoms with van der Waals surface area (Å²) in [5, 5.41) is 0.00478. The fourth-order valence-corrected chi connectivity index (χ4v) is 3.83. The van der Waals surface area contributed by atoms with E-state index in [0.29, 0.717) is 12.1 Å². The molecule has 0 aliphatic rings. The van der Waals surface area contributed by atoms with Crippen LogP contribution in [0.5, 0.6) is 0 Å². The van der Waals surface area contributed by atoms with E-state index in [-0.39, 0.29) is 16.8 Å². The number of amides is 1. The summed E-state index contributed by atoms with van der Waals surface area (Å²) in [6.07, 6.45) is 3.35. The Labute approximate surface area is 174 Å². The van der Waals surface area contributed by atoms with Crippen LogP contribution in [0.1, 0.15) is 50.7 Å². The molecule has 5 nitrogen and oxygen atoms in total. The maximum absolute atomic E-state index is 13.0. The van der Waals surface area contributed by atoms with Crippen molar-refractivity contribution >= 4 is 50.4 Å². The van der Waals surface area contributed by atoms with E-state index < -0.39 is 12.0 Å². The van der Waals surface area contributed by atoms with Crippen LogP contribution in [-0.4, -0.2) is 35.9 Å². The van der Waals surface area contributed by atoms with E-state index in [9.17, 15) is 14.4 Å². The highest BCUT2D eigenvalue weighted by Gasteiger charge is 2.31. The van der Waals surface area contributed by atoms with Gasteiger partial charge in [0.15, 0.2) is 5.12 Å². The normalized spacial score (nSPS) is 11.8. The summed E-state index contributed by atoms with van der Waals surface area (Å²) < 4.78 is 5.70. The van der Waals surface area contributed by atoms with Gasteiger partial charge in [0.1, 0.15) is 6.04 Å². The Kier molecular flexibility index (Phi) is 10.1. The molecule has 1 amide bonds. The number of benzene rings is 1. The minimum Gasteiger partial charge on any atom is -0.467 e. The van der Waals surface area contributed by atoms with Crippen LogP contribution in [-0.2, 0) is 19.1 Å². The minimum absolute atomic E-state index is 0.00230. The van der Waals surface area contributed by atoms with Crippen molar-refractivity contribution in [2.24, 2.45) is 0 Å². The number of rotatable bonds is 9. The Morgan fingerprint density at radius 3 is 2.48 bits per heavy atom. The summed E-state index contributed by atoms with van der Waals surface area (Å²) in [6.45, 7) is 7.50. The summed E-state index contributed by atoms with van der Waals surface area (Å²) in [5.74, 6) is -0.787. The monoisotopic (exact) mass is 457 g/mol. The molecule has 0 fully saturated rings. The molecule has 1 unspecified atom stereocenters. The highest BCUT2D eigenvalue weighted by atomic mass is 79.9. The van der Waals surface area contributed by atoms with Gasteiger partial charge in [0, 0.05) is 10.9 Å². The van der Waals surface area contributed by atoms with Crippen LogP contribution in [0.15, 0.2) is 16.6 Å². The van der Waals surface area contributed by atoms with Gasteiger partial charge >= 0.3 is 5.97 Å². The summed E-state index contributed by atoms with van der Waals surface area (Å²) in [4.78, 5) is 38.6. The number of unbranched alkanes of at least 4 members (excludes halogenated alkanes) is 2. The van der Waals surface area contributed by atoms with Gasteiger partial charge in [0.25, 0.3) is 0 Å². The third-order valence-electron chi connectivity index (χ3n) is 4.35. The Balaban J connectivity index is 3.07. The van der Waals surface area contributed by atoms with Crippen LogP contribution in [0.2, 0.25) is 0 Å². The first-order valence-corrected chi connectivity index (χ1v) is 10.8. The van der Waals surface area contributed by atoms with Crippen molar-refractivity contribution < 1.29 is 19.1 Å². The third-order valence-corrected chi connectivity index (χ3v) is 6.12. The lowest BCUT2D eigenvalue weighted by atomic mass is 10.1. The molecule has 1 atom stereocenters. The SMILES string of the molecule is CCCCCC(=O)SCC(=O)N(c1c(C)ccc(Br)c1C)C(C)C(=O)OC. The number of thioether (sulfide) groups is 1. The number of aryl methyl sites for hydroxylation is 1. The zero-order chi connectivity index (χ0) is 20.6. The first-order chi connectivity index (χ1) is 12.7. The molecule has 0 bridgehead atoms. The molecule has 0 spiro atoms. The zero-order valence-electron chi connectivity index (χ0n) is 16.6. The van der Waals surface area contributed by atoms with Crippen molar-refractivity contribution in [3.05, 3.63) is 27.7 Å². The van der Waals surface area contributed by atoms with Gasteiger partial charge in [-0.1, -0.05) is 53.5 Å². The van der Waals surface area contributed by atoms with Gasteiger partial charge in [-0.3, -0.25) is 14.5 Å². The van der Waals surface area contributed by atoms with Crippen LogP contribution in [0.3, 0.4) is 0 Å². The molecule has 0 aromatic heterocycles. The van der Waals surface area contributed by atoms with E-state index in [2.05, 4.69) is 22.9 Å². The number of esters is 1. The van der Waals surface area contributed by atoms with Crippen molar-refractivity contribution in [2.75, 3.05) is 17.8 Å². The molecule has 0 aliphatic heterocycles. The molecule has 0 aliphatic carbocycles. The number of hydrogen-bond acceptors (Lipinski definition) is 5. The molecule has 27 heavy (non-hydrogen) atoms.